The fourth-order valence-electron chi connectivity index (χ4n) is 3.97. The Labute approximate surface area is 207 Å². The summed E-state index contributed by atoms with van der Waals surface area (Å²) >= 11 is 6.09. The molecule has 0 unspecified atom stereocenters. The highest BCUT2D eigenvalue weighted by molar-refractivity contribution is 6.30. The van der Waals surface area contributed by atoms with Crippen LogP contribution in [0.25, 0.3) is 5.69 Å². The number of benzene rings is 3. The number of hydrogen-bond acceptors (Lipinski definition) is 6. The van der Waals surface area contributed by atoms with Crippen molar-refractivity contribution in [2.45, 2.75) is 20.4 Å². The van der Waals surface area contributed by atoms with Crippen molar-refractivity contribution in [3.8, 4) is 5.69 Å². The van der Waals surface area contributed by atoms with Gasteiger partial charge in [0.15, 0.2) is 0 Å². The first-order valence-electron chi connectivity index (χ1n) is 11.2. The molecular weight excluding hydrogens is 464 g/mol. The van der Waals surface area contributed by atoms with Crippen LogP contribution in [-0.4, -0.2) is 33.2 Å². The number of aromatic nitrogens is 3. The van der Waals surface area contributed by atoms with Crippen LogP contribution in [0.1, 0.15) is 29.4 Å². The predicted molar refractivity (Wildman–Crippen MR) is 136 cm³/mol. The number of anilines is 2. The molecular formula is C26H23ClN6O2. The molecule has 1 N–H and O–H groups in total. The molecule has 0 spiro atoms. The molecule has 4 aromatic rings. The Morgan fingerprint density at radius 2 is 1.74 bits per heavy atom. The van der Waals surface area contributed by atoms with Crippen LogP contribution in [0.5, 0.6) is 0 Å². The summed E-state index contributed by atoms with van der Waals surface area (Å²) < 4.78 is 6.98. The molecule has 1 amide bonds. The number of nitrogens with zero attached hydrogens (tertiary/aromatic N) is 5. The van der Waals surface area contributed by atoms with E-state index < -0.39 is 6.09 Å². The average molecular weight is 487 g/mol. The Balaban J connectivity index is 1.59. The summed E-state index contributed by atoms with van der Waals surface area (Å²) in [5.41, 5.74) is 5.23. The molecule has 8 nitrogen and oxygen atoms in total. The highest BCUT2D eigenvalue weighted by atomic mass is 35.5. The molecule has 0 radical (unpaired) electrons. The number of carbonyl (C=O) groups is 1. The molecule has 3 aromatic carbocycles. The molecule has 1 aliphatic rings. The van der Waals surface area contributed by atoms with Crippen molar-refractivity contribution in [1.82, 2.24) is 14.8 Å². The Hall–Kier alpha value is -4.17. The lowest BCUT2D eigenvalue weighted by molar-refractivity contribution is 0.168. The first-order chi connectivity index (χ1) is 17.0. The molecule has 2 heterocycles. The van der Waals surface area contributed by atoms with Crippen LogP contribution in [0.2, 0.25) is 5.02 Å². The maximum atomic E-state index is 11.8. The summed E-state index contributed by atoms with van der Waals surface area (Å²) in [4.78, 5) is 11.8. The van der Waals surface area contributed by atoms with Gasteiger partial charge in [0, 0.05) is 21.8 Å². The van der Waals surface area contributed by atoms with Gasteiger partial charge in [-0.15, -0.1) is 10.2 Å². The SMILES string of the molecule is CCOC(=O)Nc1ccc(C2=NN(Cc3ccc(Cl)cc3)c3nnc(C)n3-c3ccccc32)cc1. The third-order valence-electron chi connectivity index (χ3n) is 5.59. The molecule has 176 valence electrons. The minimum absolute atomic E-state index is 0.310. The number of nitrogens with one attached hydrogen (secondary N) is 1. The number of halogens is 1. The van der Waals surface area contributed by atoms with Gasteiger partial charge in [-0.3, -0.25) is 9.88 Å². The number of para-hydroxylation sites is 1. The second-order valence-electron chi connectivity index (χ2n) is 7.96. The van der Waals surface area contributed by atoms with E-state index in [-0.39, 0.29) is 0 Å². The van der Waals surface area contributed by atoms with E-state index in [1.807, 2.05) is 89.3 Å². The molecule has 1 aromatic heterocycles. The van der Waals surface area contributed by atoms with Gasteiger partial charge in [0.1, 0.15) is 11.5 Å². The largest absolute Gasteiger partial charge is 0.450 e. The minimum Gasteiger partial charge on any atom is -0.450 e. The van der Waals surface area contributed by atoms with Crippen LogP contribution in [0.4, 0.5) is 16.4 Å². The van der Waals surface area contributed by atoms with Crippen molar-refractivity contribution in [3.63, 3.8) is 0 Å². The van der Waals surface area contributed by atoms with Gasteiger partial charge in [0.25, 0.3) is 5.95 Å². The topological polar surface area (TPSA) is 84.6 Å². The number of hydrogen-bond donors (Lipinski definition) is 1. The summed E-state index contributed by atoms with van der Waals surface area (Å²) in [5.74, 6) is 1.39. The van der Waals surface area contributed by atoms with E-state index in [1.165, 1.54) is 0 Å². The highest BCUT2D eigenvalue weighted by Gasteiger charge is 2.26. The molecule has 0 saturated carbocycles. The Morgan fingerprint density at radius 1 is 1.00 bits per heavy atom. The summed E-state index contributed by atoms with van der Waals surface area (Å²) in [6, 6.07) is 23.2. The zero-order valence-electron chi connectivity index (χ0n) is 19.3. The fourth-order valence-corrected chi connectivity index (χ4v) is 4.09. The number of aryl methyl sites for hydroxylation is 1. The quantitative estimate of drug-likeness (QED) is 0.398. The summed E-state index contributed by atoms with van der Waals surface area (Å²) in [5, 5.41) is 19.1. The number of fused-ring (bicyclic) bond motifs is 3. The predicted octanol–water partition coefficient (Wildman–Crippen LogP) is 5.57. The summed E-state index contributed by atoms with van der Waals surface area (Å²) in [6.07, 6.45) is -0.486. The van der Waals surface area contributed by atoms with Crippen molar-refractivity contribution in [1.29, 1.82) is 0 Å². The van der Waals surface area contributed by atoms with Gasteiger partial charge in [-0.2, -0.15) is 5.10 Å². The van der Waals surface area contributed by atoms with E-state index in [0.717, 1.165) is 33.9 Å². The third-order valence-corrected chi connectivity index (χ3v) is 5.84. The zero-order chi connectivity index (χ0) is 24.4. The zero-order valence-corrected chi connectivity index (χ0v) is 20.0. The van der Waals surface area contributed by atoms with Crippen molar-refractivity contribution in [3.05, 3.63) is 100 Å². The van der Waals surface area contributed by atoms with Crippen LogP contribution >= 0.6 is 11.6 Å². The van der Waals surface area contributed by atoms with Crippen molar-refractivity contribution in [2.24, 2.45) is 5.10 Å². The Kier molecular flexibility index (Phi) is 6.20. The van der Waals surface area contributed by atoms with Crippen LogP contribution in [-0.2, 0) is 11.3 Å². The molecule has 0 fully saturated rings. The van der Waals surface area contributed by atoms with E-state index in [1.54, 1.807) is 6.92 Å². The van der Waals surface area contributed by atoms with E-state index in [9.17, 15) is 4.79 Å². The van der Waals surface area contributed by atoms with E-state index >= 15 is 0 Å². The standard InChI is InChI=1S/C26H23ClN6O2/c1-3-35-26(34)28-21-14-10-19(11-15-21)24-22-6-4-5-7-23(22)33-17(2)29-30-25(33)32(31-24)16-18-8-12-20(27)13-9-18/h4-15H,3,16H2,1-2H3,(H,28,34). The van der Waals surface area contributed by atoms with Gasteiger partial charge >= 0.3 is 6.09 Å². The Morgan fingerprint density at radius 3 is 2.49 bits per heavy atom. The van der Waals surface area contributed by atoms with Crippen molar-refractivity contribution < 1.29 is 9.53 Å². The molecule has 0 aliphatic carbocycles. The number of hydrazone groups is 1. The minimum atomic E-state index is -0.486. The number of ether oxygens (including phenoxy) is 1. The highest BCUT2D eigenvalue weighted by Crippen LogP contribution is 2.31. The first-order valence-corrected chi connectivity index (χ1v) is 11.6. The van der Waals surface area contributed by atoms with Gasteiger partial charge < -0.3 is 4.74 Å². The lowest BCUT2D eigenvalue weighted by Gasteiger charge is -2.18. The second-order valence-corrected chi connectivity index (χ2v) is 8.39. The van der Waals surface area contributed by atoms with Gasteiger partial charge in [0.05, 0.1) is 18.8 Å². The molecule has 0 atom stereocenters. The maximum absolute atomic E-state index is 11.8. The monoisotopic (exact) mass is 486 g/mol. The maximum Gasteiger partial charge on any atom is 0.411 e. The first kappa shape index (κ1) is 22.6. The molecule has 0 bridgehead atoms. The fraction of sp³-hybridized carbons (Fsp3) is 0.154. The normalized spacial score (nSPS) is 12.3. The number of carbonyl (C=O) groups excluding carboxylic acids is 1. The molecule has 1 aliphatic heterocycles. The van der Waals surface area contributed by atoms with E-state index in [2.05, 4.69) is 15.5 Å². The van der Waals surface area contributed by atoms with Crippen LogP contribution < -0.4 is 10.3 Å². The van der Waals surface area contributed by atoms with Crippen molar-refractivity contribution in [2.75, 3.05) is 16.9 Å². The van der Waals surface area contributed by atoms with E-state index in [0.29, 0.717) is 29.8 Å². The average Bonchev–Trinajstić information content (AvgIpc) is 3.18. The third kappa shape index (κ3) is 4.61. The van der Waals surface area contributed by atoms with Crippen LogP contribution in [0.15, 0.2) is 77.9 Å². The van der Waals surface area contributed by atoms with Crippen LogP contribution in [0.3, 0.4) is 0 Å². The van der Waals surface area contributed by atoms with Gasteiger partial charge in [-0.05, 0) is 49.7 Å². The van der Waals surface area contributed by atoms with E-state index in [4.69, 9.17) is 21.4 Å². The number of rotatable bonds is 5. The molecule has 35 heavy (non-hydrogen) atoms. The Bertz CT molecular complexity index is 1400. The molecule has 5 rings (SSSR count). The van der Waals surface area contributed by atoms with Crippen LogP contribution in [0, 0.1) is 6.92 Å². The lowest BCUT2D eigenvalue weighted by Crippen LogP contribution is -2.20. The van der Waals surface area contributed by atoms with Gasteiger partial charge in [-0.1, -0.05) is 54.1 Å². The van der Waals surface area contributed by atoms with Gasteiger partial charge in [0.2, 0.25) is 0 Å². The lowest BCUT2D eigenvalue weighted by atomic mass is 10.0. The van der Waals surface area contributed by atoms with Crippen molar-refractivity contribution >= 4 is 35.0 Å². The molecule has 0 saturated heterocycles. The van der Waals surface area contributed by atoms with Gasteiger partial charge in [-0.25, -0.2) is 9.80 Å². The summed E-state index contributed by atoms with van der Waals surface area (Å²) in [7, 11) is 0. The smallest absolute Gasteiger partial charge is 0.411 e. The summed E-state index contributed by atoms with van der Waals surface area (Å²) in [6.45, 7) is 4.48. The molecule has 9 heteroatoms. The second kappa shape index (κ2) is 9.60. The number of amides is 1.